The predicted octanol–water partition coefficient (Wildman–Crippen LogP) is 5.44. The number of benzene rings is 2. The molecular formula is C26H30N4OS. The summed E-state index contributed by atoms with van der Waals surface area (Å²) in [6.45, 7) is 10.3. The molecule has 0 spiro atoms. The van der Waals surface area contributed by atoms with Crippen molar-refractivity contribution in [1.82, 2.24) is 14.9 Å². The highest BCUT2D eigenvalue weighted by atomic mass is 32.1. The van der Waals surface area contributed by atoms with Gasteiger partial charge in [-0.2, -0.15) is 0 Å². The second-order valence-electron chi connectivity index (χ2n) is 8.55. The summed E-state index contributed by atoms with van der Waals surface area (Å²) in [7, 11) is 0. The third kappa shape index (κ3) is 4.71. The molecule has 3 heterocycles. The van der Waals surface area contributed by atoms with E-state index in [1.165, 1.54) is 15.8 Å². The molecule has 166 valence electrons. The molecule has 4 aromatic rings. The fourth-order valence-corrected chi connectivity index (χ4v) is 5.24. The number of thiazole rings is 1. The maximum atomic E-state index is 5.97. The molecule has 0 bridgehead atoms. The predicted molar refractivity (Wildman–Crippen MR) is 134 cm³/mol. The van der Waals surface area contributed by atoms with Gasteiger partial charge in [0.1, 0.15) is 5.75 Å². The first kappa shape index (κ1) is 21.2. The number of aromatic nitrogens is 2. The Bertz CT molecular complexity index is 1210. The number of ether oxygens (including phenoxy) is 1. The van der Waals surface area contributed by atoms with Crippen LogP contribution in [-0.4, -0.2) is 54.2 Å². The van der Waals surface area contributed by atoms with Crippen LogP contribution in [0.2, 0.25) is 0 Å². The van der Waals surface area contributed by atoms with Gasteiger partial charge in [0, 0.05) is 43.3 Å². The van der Waals surface area contributed by atoms with Gasteiger partial charge >= 0.3 is 0 Å². The molecule has 5 nitrogen and oxygen atoms in total. The average molecular weight is 447 g/mol. The number of hydrogen-bond donors (Lipinski definition) is 0. The molecule has 1 aliphatic heterocycles. The first-order chi connectivity index (χ1) is 15.7. The Morgan fingerprint density at radius 3 is 2.69 bits per heavy atom. The molecule has 1 fully saturated rings. The molecule has 0 amide bonds. The Morgan fingerprint density at radius 2 is 1.81 bits per heavy atom. The van der Waals surface area contributed by atoms with Gasteiger partial charge in [0.2, 0.25) is 0 Å². The second-order valence-corrected chi connectivity index (χ2v) is 9.78. The van der Waals surface area contributed by atoms with Crippen LogP contribution in [0.15, 0.2) is 48.5 Å². The van der Waals surface area contributed by atoms with Crippen LogP contribution in [0.5, 0.6) is 5.75 Å². The summed E-state index contributed by atoms with van der Waals surface area (Å²) in [4.78, 5) is 14.4. The maximum Gasteiger partial charge on any atom is 0.121 e. The highest BCUT2D eigenvalue weighted by Crippen LogP contribution is 2.27. The minimum Gasteiger partial charge on any atom is -0.494 e. The quantitative estimate of drug-likeness (QED) is 0.354. The van der Waals surface area contributed by atoms with Crippen molar-refractivity contribution in [3.05, 3.63) is 59.2 Å². The molecule has 5 rings (SSSR count). The number of aryl methyl sites for hydroxylation is 2. The van der Waals surface area contributed by atoms with E-state index < -0.39 is 0 Å². The van der Waals surface area contributed by atoms with Crippen LogP contribution in [0.4, 0.5) is 5.69 Å². The van der Waals surface area contributed by atoms with Crippen LogP contribution >= 0.6 is 11.3 Å². The van der Waals surface area contributed by atoms with Gasteiger partial charge in [-0.1, -0.05) is 18.2 Å². The first-order valence-corrected chi connectivity index (χ1v) is 12.3. The van der Waals surface area contributed by atoms with Crippen molar-refractivity contribution in [1.29, 1.82) is 0 Å². The molecule has 0 saturated carbocycles. The summed E-state index contributed by atoms with van der Waals surface area (Å²) in [5.74, 6) is 0.926. The number of anilines is 1. The topological polar surface area (TPSA) is 41.5 Å². The maximum absolute atomic E-state index is 5.97. The summed E-state index contributed by atoms with van der Waals surface area (Å²) in [6, 6.07) is 17.0. The third-order valence-electron chi connectivity index (χ3n) is 6.15. The highest BCUT2D eigenvalue weighted by Gasteiger charge is 2.19. The van der Waals surface area contributed by atoms with E-state index in [9.17, 15) is 0 Å². The lowest BCUT2D eigenvalue weighted by Gasteiger charge is -2.36. The van der Waals surface area contributed by atoms with Gasteiger partial charge in [0.05, 0.1) is 33.0 Å². The van der Waals surface area contributed by atoms with Gasteiger partial charge in [0.15, 0.2) is 0 Å². The second kappa shape index (κ2) is 9.43. The number of unbranched alkanes of at least 4 members (excludes halogenated alkanes) is 1. The standard InChI is InChI=1S/C26H30N4OS/c1-19-8-9-21-6-5-7-24(26(21)27-19)30-15-13-29(14-16-30)12-3-4-17-31-22-10-11-25-23(18-22)28-20(2)32-25/h5-11,18H,3-4,12-17H2,1-2H3. The van der Waals surface area contributed by atoms with E-state index in [1.54, 1.807) is 11.3 Å². The molecule has 0 unspecified atom stereocenters. The molecule has 0 radical (unpaired) electrons. The number of para-hydroxylation sites is 1. The van der Waals surface area contributed by atoms with Crippen LogP contribution in [-0.2, 0) is 0 Å². The fourth-order valence-electron chi connectivity index (χ4n) is 4.44. The summed E-state index contributed by atoms with van der Waals surface area (Å²) >= 11 is 1.73. The van der Waals surface area contributed by atoms with E-state index in [0.717, 1.165) is 79.7 Å². The average Bonchev–Trinajstić information content (AvgIpc) is 3.18. The molecule has 2 aromatic carbocycles. The Labute approximate surface area is 193 Å². The van der Waals surface area contributed by atoms with Crippen LogP contribution < -0.4 is 9.64 Å². The number of rotatable bonds is 7. The molecule has 0 atom stereocenters. The lowest BCUT2D eigenvalue weighted by Crippen LogP contribution is -2.46. The SMILES string of the molecule is Cc1ccc2cccc(N3CCN(CCCCOc4ccc5sc(C)nc5c4)CC3)c2n1. The number of hydrogen-bond acceptors (Lipinski definition) is 6. The van der Waals surface area contributed by atoms with Crippen molar-refractivity contribution < 1.29 is 4.74 Å². The minimum atomic E-state index is 0.760. The molecule has 32 heavy (non-hydrogen) atoms. The smallest absolute Gasteiger partial charge is 0.121 e. The zero-order valence-electron chi connectivity index (χ0n) is 18.9. The van der Waals surface area contributed by atoms with Crippen LogP contribution in [0.3, 0.4) is 0 Å². The van der Waals surface area contributed by atoms with Gasteiger partial charge in [0.25, 0.3) is 0 Å². The van der Waals surface area contributed by atoms with Crippen LogP contribution in [0, 0.1) is 13.8 Å². The van der Waals surface area contributed by atoms with Gasteiger partial charge in [-0.3, -0.25) is 9.88 Å². The summed E-state index contributed by atoms with van der Waals surface area (Å²) in [5.41, 5.74) is 4.52. The number of pyridine rings is 1. The lowest BCUT2D eigenvalue weighted by atomic mass is 10.1. The van der Waals surface area contributed by atoms with Crippen LogP contribution in [0.25, 0.3) is 21.1 Å². The van der Waals surface area contributed by atoms with Crippen molar-refractivity contribution in [2.75, 3.05) is 44.2 Å². The monoisotopic (exact) mass is 446 g/mol. The Hall–Kier alpha value is -2.70. The van der Waals surface area contributed by atoms with E-state index in [2.05, 4.69) is 70.2 Å². The van der Waals surface area contributed by atoms with Crippen molar-refractivity contribution in [3.63, 3.8) is 0 Å². The minimum absolute atomic E-state index is 0.760. The Balaban J connectivity index is 1.07. The third-order valence-corrected chi connectivity index (χ3v) is 7.11. The number of nitrogens with zero attached hydrogens (tertiary/aromatic N) is 4. The van der Waals surface area contributed by atoms with E-state index >= 15 is 0 Å². The van der Waals surface area contributed by atoms with E-state index in [-0.39, 0.29) is 0 Å². The molecule has 0 N–H and O–H groups in total. The Kier molecular flexibility index (Phi) is 6.23. The van der Waals surface area contributed by atoms with Crippen LogP contribution in [0.1, 0.15) is 23.5 Å². The molecule has 1 aliphatic rings. The largest absolute Gasteiger partial charge is 0.494 e. The fraction of sp³-hybridized carbons (Fsp3) is 0.385. The first-order valence-electron chi connectivity index (χ1n) is 11.5. The number of fused-ring (bicyclic) bond motifs is 2. The van der Waals surface area contributed by atoms with E-state index in [1.807, 2.05) is 6.92 Å². The molecule has 0 aliphatic carbocycles. The Morgan fingerprint density at radius 1 is 0.938 bits per heavy atom. The lowest BCUT2D eigenvalue weighted by molar-refractivity contribution is 0.239. The molecule has 2 aromatic heterocycles. The van der Waals surface area contributed by atoms with E-state index in [4.69, 9.17) is 9.72 Å². The van der Waals surface area contributed by atoms with E-state index in [0.29, 0.717) is 0 Å². The van der Waals surface area contributed by atoms with Crippen molar-refractivity contribution in [2.45, 2.75) is 26.7 Å². The molecule has 1 saturated heterocycles. The summed E-state index contributed by atoms with van der Waals surface area (Å²) in [6.07, 6.45) is 2.23. The zero-order valence-corrected chi connectivity index (χ0v) is 19.7. The summed E-state index contributed by atoms with van der Waals surface area (Å²) < 4.78 is 7.19. The zero-order chi connectivity index (χ0) is 21.9. The molecular weight excluding hydrogens is 416 g/mol. The van der Waals surface area contributed by atoms with Crippen molar-refractivity contribution in [2.24, 2.45) is 0 Å². The summed E-state index contributed by atoms with van der Waals surface area (Å²) in [5, 5.41) is 2.32. The normalized spacial score (nSPS) is 15.0. The number of piperazine rings is 1. The van der Waals surface area contributed by atoms with Crippen molar-refractivity contribution in [3.8, 4) is 5.75 Å². The highest BCUT2D eigenvalue weighted by molar-refractivity contribution is 7.18. The van der Waals surface area contributed by atoms with Gasteiger partial charge in [-0.25, -0.2) is 4.98 Å². The molecule has 6 heteroatoms. The van der Waals surface area contributed by atoms with Crippen molar-refractivity contribution >= 4 is 38.1 Å². The van der Waals surface area contributed by atoms with Gasteiger partial charge in [-0.15, -0.1) is 11.3 Å². The van der Waals surface area contributed by atoms with Gasteiger partial charge in [-0.05, 0) is 57.5 Å². The van der Waals surface area contributed by atoms with Gasteiger partial charge < -0.3 is 9.64 Å².